The maximum absolute atomic E-state index is 12.2. The molecule has 0 spiro atoms. The lowest BCUT2D eigenvalue weighted by Crippen LogP contribution is -2.24. The first-order chi connectivity index (χ1) is 8.85. The van der Waals surface area contributed by atoms with Gasteiger partial charge in [-0.05, 0) is 0 Å². The molecule has 0 aliphatic rings. The number of hydrogen-bond acceptors (Lipinski definition) is 4. The molecule has 0 bridgehead atoms. The van der Waals surface area contributed by atoms with E-state index in [4.69, 9.17) is 0 Å². The lowest BCUT2D eigenvalue weighted by Gasteiger charge is -2.12. The second-order valence-corrected chi connectivity index (χ2v) is 3.81. The van der Waals surface area contributed by atoms with Crippen LogP contribution in [0.3, 0.4) is 0 Å². The largest absolute Gasteiger partial charge is 0.499 e. The first-order valence-corrected chi connectivity index (χ1v) is 5.20. The smallest absolute Gasteiger partial charge is 0.448 e. The third-order valence-corrected chi connectivity index (χ3v) is 2.25. The summed E-state index contributed by atoms with van der Waals surface area (Å²) in [6, 6.07) is 5.39. The van der Waals surface area contributed by atoms with Crippen LogP contribution in [0, 0.1) is 10.1 Å². The van der Waals surface area contributed by atoms with E-state index in [9.17, 15) is 23.1 Å². The summed E-state index contributed by atoms with van der Waals surface area (Å²) in [6.45, 7) is -5.01. The monoisotopic (exact) mass is 271 g/mol. The predicted molar refractivity (Wildman–Crippen MR) is 61.2 cm³/mol. The van der Waals surface area contributed by atoms with E-state index >= 15 is 0 Å². The fraction of sp³-hybridized carbons (Fsp3) is 0.111. The highest BCUT2D eigenvalue weighted by atomic mass is 19.4. The van der Waals surface area contributed by atoms with Crippen molar-refractivity contribution in [3.63, 3.8) is 0 Å². The minimum atomic E-state index is -5.01. The molecule has 1 heterocycles. The van der Waals surface area contributed by atoms with Gasteiger partial charge in [0.15, 0.2) is 5.82 Å². The van der Waals surface area contributed by atoms with Crippen molar-refractivity contribution >= 4 is 12.7 Å². The second kappa shape index (κ2) is 4.71. The van der Waals surface area contributed by atoms with E-state index in [1.54, 1.807) is 0 Å². The Morgan fingerprint density at radius 1 is 1.37 bits per heavy atom. The molecule has 0 saturated heterocycles. The first kappa shape index (κ1) is 13.1. The SMILES string of the molecule is O=[N+]([O-])c1cccc(-c2ncn(C[B-](F)(F)F)n2)c1. The zero-order chi connectivity index (χ0) is 14.0. The molecular formula is C9H7BF3N4O2-. The summed E-state index contributed by atoms with van der Waals surface area (Å²) in [5.41, 5.74) is 0.122. The standard InChI is InChI=1S/C9H7BF3N4O2/c11-10(12,13)5-16-6-14-9(15-16)7-2-1-3-8(4-7)17(18)19/h1-4,6H,5H2/q-1. The van der Waals surface area contributed by atoms with Gasteiger partial charge in [-0.3, -0.25) is 14.8 Å². The van der Waals surface area contributed by atoms with E-state index in [0.29, 0.717) is 10.2 Å². The number of nitro benzene ring substituents is 1. The van der Waals surface area contributed by atoms with Crippen LogP contribution in [-0.4, -0.2) is 26.7 Å². The highest BCUT2D eigenvalue weighted by Gasteiger charge is 2.24. The third-order valence-electron chi connectivity index (χ3n) is 2.25. The molecule has 0 radical (unpaired) electrons. The van der Waals surface area contributed by atoms with Crippen molar-refractivity contribution in [3.8, 4) is 11.4 Å². The summed E-state index contributed by atoms with van der Waals surface area (Å²) in [4.78, 5) is 13.7. The first-order valence-electron chi connectivity index (χ1n) is 5.20. The number of rotatable bonds is 4. The maximum atomic E-state index is 12.2. The predicted octanol–water partition coefficient (Wildman–Crippen LogP) is 2.24. The zero-order valence-electron chi connectivity index (χ0n) is 9.41. The van der Waals surface area contributed by atoms with E-state index < -0.39 is 18.3 Å². The molecule has 0 unspecified atom stereocenters. The second-order valence-electron chi connectivity index (χ2n) is 3.81. The fourth-order valence-corrected chi connectivity index (χ4v) is 1.49. The van der Waals surface area contributed by atoms with Crippen LogP contribution in [0.25, 0.3) is 11.4 Å². The van der Waals surface area contributed by atoms with Gasteiger partial charge in [-0.25, -0.2) is 4.98 Å². The molecule has 0 fully saturated rings. The van der Waals surface area contributed by atoms with Gasteiger partial charge in [0, 0.05) is 24.1 Å². The summed E-state index contributed by atoms with van der Waals surface area (Å²) in [7, 11) is 0. The van der Waals surface area contributed by atoms with Gasteiger partial charge in [0.25, 0.3) is 5.69 Å². The number of nitro groups is 1. The van der Waals surface area contributed by atoms with Gasteiger partial charge in [0.2, 0.25) is 0 Å². The molecule has 0 amide bonds. The van der Waals surface area contributed by atoms with Crippen LogP contribution < -0.4 is 0 Å². The van der Waals surface area contributed by atoms with Crippen LogP contribution in [-0.2, 0) is 6.44 Å². The molecule has 0 saturated carbocycles. The van der Waals surface area contributed by atoms with Gasteiger partial charge in [-0.2, -0.15) is 5.10 Å². The van der Waals surface area contributed by atoms with E-state index in [1.165, 1.54) is 24.3 Å². The van der Waals surface area contributed by atoms with E-state index in [2.05, 4.69) is 10.1 Å². The number of hydrogen-bond donors (Lipinski definition) is 0. The summed E-state index contributed by atoms with van der Waals surface area (Å²) in [5.74, 6) is 0.0174. The molecule has 6 nitrogen and oxygen atoms in total. The fourth-order valence-electron chi connectivity index (χ4n) is 1.49. The molecule has 19 heavy (non-hydrogen) atoms. The molecule has 0 aliphatic carbocycles. The van der Waals surface area contributed by atoms with Crippen LogP contribution in [0.15, 0.2) is 30.6 Å². The average molecular weight is 271 g/mol. The average Bonchev–Trinajstić information content (AvgIpc) is 2.75. The van der Waals surface area contributed by atoms with Gasteiger partial charge in [0.1, 0.15) is 6.33 Å². The molecular weight excluding hydrogens is 264 g/mol. The van der Waals surface area contributed by atoms with E-state index in [-0.39, 0.29) is 11.5 Å². The summed E-state index contributed by atoms with van der Waals surface area (Å²) in [5, 5.41) is 14.2. The number of nitrogens with zero attached hydrogens (tertiary/aromatic N) is 4. The van der Waals surface area contributed by atoms with E-state index in [0.717, 1.165) is 6.33 Å². The quantitative estimate of drug-likeness (QED) is 0.485. The molecule has 2 aromatic rings. The topological polar surface area (TPSA) is 73.8 Å². The van der Waals surface area contributed by atoms with Crippen LogP contribution in [0.5, 0.6) is 0 Å². The van der Waals surface area contributed by atoms with Crippen molar-refractivity contribution in [2.75, 3.05) is 0 Å². The molecule has 10 heteroatoms. The molecule has 0 N–H and O–H groups in total. The lowest BCUT2D eigenvalue weighted by molar-refractivity contribution is -0.384. The number of non-ortho nitro benzene ring substituents is 1. The van der Waals surface area contributed by atoms with Crippen molar-refractivity contribution in [2.24, 2.45) is 0 Å². The van der Waals surface area contributed by atoms with Crippen LogP contribution in [0.1, 0.15) is 0 Å². The van der Waals surface area contributed by atoms with Crippen LogP contribution >= 0.6 is 0 Å². The van der Waals surface area contributed by atoms with Crippen molar-refractivity contribution < 1.29 is 17.9 Å². The van der Waals surface area contributed by atoms with Crippen molar-refractivity contribution in [1.29, 1.82) is 0 Å². The van der Waals surface area contributed by atoms with Gasteiger partial charge in [-0.1, -0.05) is 12.1 Å². The normalized spacial score (nSPS) is 11.5. The lowest BCUT2D eigenvalue weighted by atomic mass is 9.93. The highest BCUT2D eigenvalue weighted by Crippen LogP contribution is 2.21. The Morgan fingerprint density at radius 2 is 2.11 bits per heavy atom. The Bertz CT molecular complexity index is 614. The summed E-state index contributed by atoms with van der Waals surface area (Å²) in [6.07, 6.45) is -0.245. The summed E-state index contributed by atoms with van der Waals surface area (Å²) < 4.78 is 37.3. The Labute approximate surface area is 105 Å². The van der Waals surface area contributed by atoms with Crippen molar-refractivity contribution in [2.45, 2.75) is 6.44 Å². The van der Waals surface area contributed by atoms with Crippen LogP contribution in [0.2, 0.25) is 0 Å². The molecule has 0 atom stereocenters. The maximum Gasteiger partial charge on any atom is 0.499 e. The Hall–Kier alpha value is -2.39. The Kier molecular flexibility index (Phi) is 3.24. The summed E-state index contributed by atoms with van der Waals surface area (Å²) >= 11 is 0. The van der Waals surface area contributed by atoms with Gasteiger partial charge >= 0.3 is 6.98 Å². The van der Waals surface area contributed by atoms with Gasteiger partial charge < -0.3 is 12.9 Å². The minimum absolute atomic E-state index is 0.0174. The molecule has 0 aliphatic heterocycles. The third kappa shape index (κ3) is 3.30. The number of halogens is 3. The Balaban J connectivity index is 2.28. The van der Waals surface area contributed by atoms with Crippen LogP contribution in [0.4, 0.5) is 18.6 Å². The zero-order valence-corrected chi connectivity index (χ0v) is 9.41. The molecule has 1 aromatic heterocycles. The minimum Gasteiger partial charge on any atom is -0.448 e. The Morgan fingerprint density at radius 3 is 2.74 bits per heavy atom. The molecule has 1 aromatic carbocycles. The number of benzene rings is 1. The van der Waals surface area contributed by atoms with Gasteiger partial charge in [-0.15, -0.1) is 0 Å². The van der Waals surface area contributed by atoms with Crippen molar-refractivity contribution in [3.05, 3.63) is 40.7 Å². The molecule has 100 valence electrons. The highest BCUT2D eigenvalue weighted by molar-refractivity contribution is 6.57. The molecule has 2 rings (SSSR count). The van der Waals surface area contributed by atoms with E-state index in [1.807, 2.05) is 0 Å². The van der Waals surface area contributed by atoms with Gasteiger partial charge in [0.05, 0.1) is 4.92 Å². The number of aromatic nitrogens is 3. The van der Waals surface area contributed by atoms with Crippen molar-refractivity contribution in [1.82, 2.24) is 14.8 Å².